The molecule has 0 aliphatic carbocycles. The van der Waals surface area contributed by atoms with Crippen molar-refractivity contribution in [3.8, 4) is 5.88 Å². The van der Waals surface area contributed by atoms with Crippen molar-refractivity contribution in [3.63, 3.8) is 0 Å². The van der Waals surface area contributed by atoms with Crippen LogP contribution in [0.25, 0.3) is 0 Å². The van der Waals surface area contributed by atoms with Gasteiger partial charge < -0.3 is 15.7 Å². The Kier molecular flexibility index (Phi) is 5.97. The molecule has 0 saturated carbocycles. The number of hydrogen-bond acceptors (Lipinski definition) is 4. The normalized spacial score (nSPS) is 11.6. The highest BCUT2D eigenvalue weighted by Gasteiger charge is 2.05. The summed E-state index contributed by atoms with van der Waals surface area (Å²) < 4.78 is 5.57. The summed E-state index contributed by atoms with van der Waals surface area (Å²) in [6.07, 6.45) is 4.61. The van der Waals surface area contributed by atoms with Gasteiger partial charge in [0.25, 0.3) is 0 Å². The fourth-order valence-electron chi connectivity index (χ4n) is 1.62. The number of nitrogens with two attached hydrogens (primary N) is 1. The Hall–Kier alpha value is -1.78. The molecule has 0 amide bonds. The molecule has 0 radical (unpaired) electrons. The zero-order chi connectivity index (χ0) is 13.4. The fourth-order valence-corrected chi connectivity index (χ4v) is 1.62. The second-order valence-electron chi connectivity index (χ2n) is 4.23. The lowest BCUT2D eigenvalue weighted by atomic mass is 10.2. The van der Waals surface area contributed by atoms with E-state index in [9.17, 15) is 0 Å². The number of oxime groups is 1. The Bertz CT molecular complexity index is 405. The summed E-state index contributed by atoms with van der Waals surface area (Å²) in [6.45, 7) is 4.66. The minimum absolute atomic E-state index is 0.0660. The lowest BCUT2D eigenvalue weighted by Gasteiger charge is -2.08. The number of amidine groups is 1. The third-order valence-corrected chi connectivity index (χ3v) is 2.58. The van der Waals surface area contributed by atoms with Crippen LogP contribution in [0.3, 0.4) is 0 Å². The zero-order valence-corrected chi connectivity index (χ0v) is 11.0. The molecular weight excluding hydrogens is 230 g/mol. The second-order valence-corrected chi connectivity index (χ2v) is 4.23. The van der Waals surface area contributed by atoms with Crippen molar-refractivity contribution in [2.24, 2.45) is 10.9 Å². The van der Waals surface area contributed by atoms with Crippen LogP contribution < -0.4 is 10.5 Å². The molecule has 3 N–H and O–H groups in total. The molecule has 0 aliphatic heterocycles. The number of aryl methyl sites for hydroxylation is 1. The van der Waals surface area contributed by atoms with E-state index >= 15 is 0 Å². The molecule has 0 bridgehead atoms. The van der Waals surface area contributed by atoms with Gasteiger partial charge in [-0.25, -0.2) is 4.98 Å². The van der Waals surface area contributed by atoms with Crippen molar-refractivity contribution >= 4 is 5.84 Å². The van der Waals surface area contributed by atoms with E-state index in [1.54, 1.807) is 12.1 Å². The Balaban J connectivity index is 2.58. The predicted octanol–water partition coefficient (Wildman–Crippen LogP) is 2.44. The molecule has 0 aliphatic rings. The van der Waals surface area contributed by atoms with Crippen LogP contribution in [0.5, 0.6) is 5.88 Å². The number of rotatable bonds is 7. The molecule has 1 aromatic rings. The summed E-state index contributed by atoms with van der Waals surface area (Å²) in [7, 11) is 0. The molecule has 5 nitrogen and oxygen atoms in total. The molecule has 0 aromatic carbocycles. The maximum atomic E-state index is 8.64. The van der Waals surface area contributed by atoms with Gasteiger partial charge in [-0.3, -0.25) is 0 Å². The first-order valence-electron chi connectivity index (χ1n) is 6.26. The molecule has 100 valence electrons. The van der Waals surface area contributed by atoms with E-state index in [2.05, 4.69) is 17.1 Å². The first-order valence-corrected chi connectivity index (χ1v) is 6.26. The van der Waals surface area contributed by atoms with Gasteiger partial charge >= 0.3 is 0 Å². The van der Waals surface area contributed by atoms with Crippen LogP contribution in [-0.4, -0.2) is 22.6 Å². The first kappa shape index (κ1) is 14.3. The van der Waals surface area contributed by atoms with E-state index < -0.39 is 0 Å². The number of pyridine rings is 1. The fraction of sp³-hybridized carbons (Fsp3) is 0.538. The molecule has 0 atom stereocenters. The van der Waals surface area contributed by atoms with E-state index in [1.807, 2.05) is 6.92 Å². The van der Waals surface area contributed by atoms with Crippen molar-refractivity contribution in [2.45, 2.75) is 39.5 Å². The maximum Gasteiger partial charge on any atom is 0.214 e. The monoisotopic (exact) mass is 251 g/mol. The van der Waals surface area contributed by atoms with Gasteiger partial charge in [0.1, 0.15) is 0 Å². The van der Waals surface area contributed by atoms with Gasteiger partial charge in [-0.05, 0) is 19.4 Å². The smallest absolute Gasteiger partial charge is 0.214 e. The van der Waals surface area contributed by atoms with Crippen molar-refractivity contribution < 1.29 is 9.94 Å². The van der Waals surface area contributed by atoms with Crippen molar-refractivity contribution in [2.75, 3.05) is 6.61 Å². The molecule has 1 rings (SSSR count). The van der Waals surface area contributed by atoms with Crippen LogP contribution in [0, 0.1) is 6.92 Å². The molecule has 18 heavy (non-hydrogen) atoms. The van der Waals surface area contributed by atoms with Gasteiger partial charge in [0, 0.05) is 17.3 Å². The van der Waals surface area contributed by atoms with Crippen molar-refractivity contribution in [1.29, 1.82) is 0 Å². The SMILES string of the molecule is CCCCCCOc1cc(/C(N)=N/O)cc(C)n1. The molecular formula is C13H21N3O2. The van der Waals surface area contributed by atoms with Gasteiger partial charge in [0.15, 0.2) is 5.84 Å². The molecule has 5 heteroatoms. The lowest BCUT2D eigenvalue weighted by molar-refractivity contribution is 0.293. The standard InChI is InChI=1S/C13H21N3O2/c1-3-4-5-6-7-18-12-9-11(13(14)16-17)8-10(2)15-12/h8-9,17H,3-7H2,1-2H3,(H2,14,16). The van der Waals surface area contributed by atoms with Gasteiger partial charge in [0.05, 0.1) is 6.61 Å². The number of ether oxygens (including phenoxy) is 1. The Labute approximate surface area is 108 Å². The highest BCUT2D eigenvalue weighted by molar-refractivity contribution is 5.97. The highest BCUT2D eigenvalue weighted by Crippen LogP contribution is 2.13. The molecule has 1 aromatic heterocycles. The average Bonchev–Trinajstić information content (AvgIpc) is 2.37. The predicted molar refractivity (Wildman–Crippen MR) is 71.1 cm³/mol. The molecule has 1 heterocycles. The topological polar surface area (TPSA) is 80.7 Å². The van der Waals surface area contributed by atoms with Crippen LogP contribution in [0.15, 0.2) is 17.3 Å². The van der Waals surface area contributed by atoms with E-state index in [0.717, 1.165) is 18.5 Å². The van der Waals surface area contributed by atoms with E-state index in [-0.39, 0.29) is 5.84 Å². The quantitative estimate of drug-likeness (QED) is 0.256. The second kappa shape index (κ2) is 7.53. The van der Waals surface area contributed by atoms with Crippen LogP contribution in [0.4, 0.5) is 0 Å². The summed E-state index contributed by atoms with van der Waals surface area (Å²) in [4.78, 5) is 4.25. The Morgan fingerprint density at radius 1 is 1.39 bits per heavy atom. The summed E-state index contributed by atoms with van der Waals surface area (Å²) in [6, 6.07) is 3.43. The zero-order valence-electron chi connectivity index (χ0n) is 11.0. The Morgan fingerprint density at radius 2 is 2.17 bits per heavy atom. The first-order chi connectivity index (χ1) is 8.67. The largest absolute Gasteiger partial charge is 0.478 e. The number of aromatic nitrogens is 1. The van der Waals surface area contributed by atoms with Crippen LogP contribution >= 0.6 is 0 Å². The third-order valence-electron chi connectivity index (χ3n) is 2.58. The van der Waals surface area contributed by atoms with Crippen molar-refractivity contribution in [3.05, 3.63) is 23.4 Å². The Morgan fingerprint density at radius 3 is 2.83 bits per heavy atom. The molecule has 0 unspecified atom stereocenters. The van der Waals surface area contributed by atoms with E-state index in [1.165, 1.54) is 12.8 Å². The molecule has 0 fully saturated rings. The van der Waals surface area contributed by atoms with Crippen LogP contribution in [-0.2, 0) is 0 Å². The van der Waals surface area contributed by atoms with Crippen LogP contribution in [0.2, 0.25) is 0 Å². The lowest BCUT2D eigenvalue weighted by Crippen LogP contribution is -2.14. The average molecular weight is 251 g/mol. The van der Waals surface area contributed by atoms with E-state index in [4.69, 9.17) is 15.7 Å². The number of hydrogen-bond donors (Lipinski definition) is 2. The van der Waals surface area contributed by atoms with Gasteiger partial charge in [-0.1, -0.05) is 31.3 Å². The summed E-state index contributed by atoms with van der Waals surface area (Å²) >= 11 is 0. The minimum atomic E-state index is 0.0660. The van der Waals surface area contributed by atoms with Crippen molar-refractivity contribution in [1.82, 2.24) is 4.98 Å². The van der Waals surface area contributed by atoms with Gasteiger partial charge in [0.2, 0.25) is 5.88 Å². The summed E-state index contributed by atoms with van der Waals surface area (Å²) in [5.74, 6) is 0.587. The summed E-state index contributed by atoms with van der Waals surface area (Å²) in [5.41, 5.74) is 6.94. The molecule has 0 saturated heterocycles. The van der Waals surface area contributed by atoms with Crippen LogP contribution in [0.1, 0.15) is 43.9 Å². The van der Waals surface area contributed by atoms with Gasteiger partial charge in [-0.15, -0.1) is 0 Å². The maximum absolute atomic E-state index is 8.64. The van der Waals surface area contributed by atoms with Gasteiger partial charge in [-0.2, -0.15) is 0 Å². The highest BCUT2D eigenvalue weighted by atomic mass is 16.5. The molecule has 0 spiro atoms. The number of unbranched alkanes of at least 4 members (excludes halogenated alkanes) is 3. The number of nitrogens with zero attached hydrogens (tertiary/aromatic N) is 2. The summed E-state index contributed by atoms with van der Waals surface area (Å²) in [5, 5.41) is 11.6. The third kappa shape index (κ3) is 4.61. The van der Waals surface area contributed by atoms with E-state index in [0.29, 0.717) is 18.1 Å². The minimum Gasteiger partial charge on any atom is -0.478 e.